The SMILES string of the molecule is CN(Cc1cccc(N)c1)C(=O)c1ccon1. The fraction of sp³-hybridized carbons (Fsp3) is 0.167. The zero-order valence-corrected chi connectivity index (χ0v) is 9.46. The van der Waals surface area contributed by atoms with E-state index >= 15 is 0 Å². The smallest absolute Gasteiger partial charge is 0.276 e. The van der Waals surface area contributed by atoms with Crippen LogP contribution in [0, 0.1) is 0 Å². The van der Waals surface area contributed by atoms with Gasteiger partial charge in [0.1, 0.15) is 6.26 Å². The van der Waals surface area contributed by atoms with E-state index in [1.807, 2.05) is 24.3 Å². The topological polar surface area (TPSA) is 72.4 Å². The first kappa shape index (κ1) is 11.2. The van der Waals surface area contributed by atoms with Crippen molar-refractivity contribution in [2.75, 3.05) is 12.8 Å². The number of nitrogens with zero attached hydrogens (tertiary/aromatic N) is 2. The molecular formula is C12H13N3O2. The zero-order valence-electron chi connectivity index (χ0n) is 9.46. The lowest BCUT2D eigenvalue weighted by atomic mass is 10.2. The molecule has 1 amide bonds. The van der Waals surface area contributed by atoms with Gasteiger partial charge in [-0.1, -0.05) is 17.3 Å². The molecule has 0 aliphatic carbocycles. The summed E-state index contributed by atoms with van der Waals surface area (Å²) in [6.07, 6.45) is 1.38. The van der Waals surface area contributed by atoms with Crippen LogP contribution >= 0.6 is 0 Å². The Morgan fingerprint density at radius 1 is 1.47 bits per heavy atom. The third-order valence-corrected chi connectivity index (χ3v) is 2.37. The fourth-order valence-electron chi connectivity index (χ4n) is 1.56. The van der Waals surface area contributed by atoms with Gasteiger partial charge in [0.2, 0.25) is 0 Å². The fourth-order valence-corrected chi connectivity index (χ4v) is 1.56. The molecule has 2 aromatic rings. The molecule has 17 heavy (non-hydrogen) atoms. The first-order valence-corrected chi connectivity index (χ1v) is 5.17. The number of nitrogen functional groups attached to an aromatic ring is 1. The Morgan fingerprint density at radius 2 is 2.29 bits per heavy atom. The number of carbonyl (C=O) groups is 1. The molecule has 0 unspecified atom stereocenters. The minimum Gasteiger partial charge on any atom is -0.399 e. The van der Waals surface area contributed by atoms with Crippen molar-refractivity contribution in [2.24, 2.45) is 0 Å². The van der Waals surface area contributed by atoms with E-state index in [2.05, 4.69) is 9.68 Å². The first-order chi connectivity index (χ1) is 8.16. The maximum absolute atomic E-state index is 11.9. The van der Waals surface area contributed by atoms with Crippen molar-refractivity contribution < 1.29 is 9.32 Å². The first-order valence-electron chi connectivity index (χ1n) is 5.17. The van der Waals surface area contributed by atoms with Crippen LogP contribution in [0.5, 0.6) is 0 Å². The molecule has 5 nitrogen and oxygen atoms in total. The van der Waals surface area contributed by atoms with Crippen LogP contribution in [0.2, 0.25) is 0 Å². The van der Waals surface area contributed by atoms with Gasteiger partial charge in [0.25, 0.3) is 5.91 Å². The average molecular weight is 231 g/mol. The maximum atomic E-state index is 11.9. The minimum atomic E-state index is -0.179. The zero-order chi connectivity index (χ0) is 12.3. The highest BCUT2D eigenvalue weighted by Gasteiger charge is 2.14. The van der Waals surface area contributed by atoms with Crippen molar-refractivity contribution in [1.82, 2.24) is 10.1 Å². The lowest BCUT2D eigenvalue weighted by molar-refractivity contribution is 0.0775. The summed E-state index contributed by atoms with van der Waals surface area (Å²) in [6, 6.07) is 8.97. The molecule has 0 saturated heterocycles. The number of anilines is 1. The Morgan fingerprint density at radius 3 is 2.94 bits per heavy atom. The number of aromatic nitrogens is 1. The summed E-state index contributed by atoms with van der Waals surface area (Å²) >= 11 is 0. The van der Waals surface area contributed by atoms with E-state index in [4.69, 9.17) is 5.73 Å². The van der Waals surface area contributed by atoms with Crippen LogP contribution in [0.4, 0.5) is 5.69 Å². The molecule has 88 valence electrons. The lowest BCUT2D eigenvalue weighted by Gasteiger charge is -2.15. The van der Waals surface area contributed by atoms with Gasteiger partial charge in [0, 0.05) is 25.3 Å². The summed E-state index contributed by atoms with van der Waals surface area (Å²) in [5.74, 6) is -0.179. The van der Waals surface area contributed by atoms with E-state index in [-0.39, 0.29) is 5.91 Å². The second-order valence-electron chi connectivity index (χ2n) is 3.79. The van der Waals surface area contributed by atoms with Crippen LogP contribution in [0.25, 0.3) is 0 Å². The van der Waals surface area contributed by atoms with Crippen molar-refractivity contribution in [2.45, 2.75) is 6.54 Å². The molecule has 0 spiro atoms. The maximum Gasteiger partial charge on any atom is 0.276 e. The van der Waals surface area contributed by atoms with Gasteiger partial charge >= 0.3 is 0 Å². The van der Waals surface area contributed by atoms with Gasteiger partial charge < -0.3 is 15.2 Å². The third-order valence-electron chi connectivity index (χ3n) is 2.37. The van der Waals surface area contributed by atoms with E-state index in [0.717, 1.165) is 5.56 Å². The summed E-state index contributed by atoms with van der Waals surface area (Å²) < 4.78 is 4.64. The van der Waals surface area contributed by atoms with E-state index < -0.39 is 0 Å². The van der Waals surface area contributed by atoms with Crippen LogP contribution in [0.15, 0.2) is 41.1 Å². The Labute approximate surface area is 98.8 Å². The highest BCUT2D eigenvalue weighted by atomic mass is 16.5. The summed E-state index contributed by atoms with van der Waals surface area (Å²) in [7, 11) is 1.71. The summed E-state index contributed by atoms with van der Waals surface area (Å²) in [4.78, 5) is 13.4. The predicted molar refractivity (Wildman–Crippen MR) is 63.2 cm³/mol. The summed E-state index contributed by atoms with van der Waals surface area (Å²) in [6.45, 7) is 0.483. The molecule has 0 fully saturated rings. The van der Waals surface area contributed by atoms with Crippen molar-refractivity contribution in [1.29, 1.82) is 0 Å². The van der Waals surface area contributed by atoms with Crippen LogP contribution in [0.1, 0.15) is 16.1 Å². The second kappa shape index (κ2) is 4.69. The number of hydrogen-bond acceptors (Lipinski definition) is 4. The molecule has 0 aliphatic rings. The molecule has 0 atom stereocenters. The Balaban J connectivity index is 2.07. The van der Waals surface area contributed by atoms with Gasteiger partial charge in [0.15, 0.2) is 5.69 Å². The summed E-state index contributed by atoms with van der Waals surface area (Å²) in [5.41, 5.74) is 7.64. The van der Waals surface area contributed by atoms with Crippen molar-refractivity contribution >= 4 is 11.6 Å². The largest absolute Gasteiger partial charge is 0.399 e. The van der Waals surface area contributed by atoms with Crippen LogP contribution in [0.3, 0.4) is 0 Å². The number of nitrogens with two attached hydrogens (primary N) is 1. The Kier molecular flexibility index (Phi) is 3.09. The van der Waals surface area contributed by atoms with Crippen molar-refractivity contribution in [3.63, 3.8) is 0 Å². The molecule has 1 aromatic heterocycles. The van der Waals surface area contributed by atoms with E-state index in [1.165, 1.54) is 12.3 Å². The molecule has 1 aromatic carbocycles. The molecule has 0 bridgehead atoms. The van der Waals surface area contributed by atoms with Gasteiger partial charge in [-0.25, -0.2) is 0 Å². The highest BCUT2D eigenvalue weighted by Crippen LogP contribution is 2.10. The quantitative estimate of drug-likeness (QED) is 0.813. The van der Waals surface area contributed by atoms with Gasteiger partial charge in [-0.15, -0.1) is 0 Å². The lowest BCUT2D eigenvalue weighted by Crippen LogP contribution is -2.26. The number of amides is 1. The van der Waals surface area contributed by atoms with Crippen molar-refractivity contribution in [3.05, 3.63) is 47.9 Å². The Bertz CT molecular complexity index is 508. The van der Waals surface area contributed by atoms with Crippen LogP contribution in [-0.2, 0) is 6.54 Å². The van der Waals surface area contributed by atoms with Crippen molar-refractivity contribution in [3.8, 4) is 0 Å². The van der Waals surface area contributed by atoms with E-state index in [0.29, 0.717) is 17.9 Å². The van der Waals surface area contributed by atoms with Gasteiger partial charge in [-0.2, -0.15) is 0 Å². The standard InChI is InChI=1S/C12H13N3O2/c1-15(12(16)11-5-6-17-14-11)8-9-3-2-4-10(13)7-9/h2-7H,8,13H2,1H3. The van der Waals surface area contributed by atoms with E-state index in [9.17, 15) is 4.79 Å². The molecule has 0 aliphatic heterocycles. The third kappa shape index (κ3) is 2.63. The summed E-state index contributed by atoms with van der Waals surface area (Å²) in [5, 5.41) is 3.61. The van der Waals surface area contributed by atoms with Crippen LogP contribution in [-0.4, -0.2) is 23.0 Å². The number of rotatable bonds is 3. The van der Waals surface area contributed by atoms with E-state index in [1.54, 1.807) is 11.9 Å². The average Bonchev–Trinajstić information content (AvgIpc) is 2.81. The number of hydrogen-bond donors (Lipinski definition) is 1. The van der Waals surface area contributed by atoms with Gasteiger partial charge in [0.05, 0.1) is 0 Å². The molecule has 1 heterocycles. The highest BCUT2D eigenvalue weighted by molar-refractivity contribution is 5.91. The molecule has 2 N–H and O–H groups in total. The number of benzene rings is 1. The Hall–Kier alpha value is -2.30. The molecular weight excluding hydrogens is 218 g/mol. The number of carbonyl (C=O) groups excluding carboxylic acids is 1. The van der Waals surface area contributed by atoms with Gasteiger partial charge in [-0.3, -0.25) is 4.79 Å². The van der Waals surface area contributed by atoms with Gasteiger partial charge in [-0.05, 0) is 17.7 Å². The molecule has 0 saturated carbocycles. The normalized spacial score (nSPS) is 10.2. The second-order valence-corrected chi connectivity index (χ2v) is 3.79. The monoisotopic (exact) mass is 231 g/mol. The van der Waals surface area contributed by atoms with Crippen LogP contribution < -0.4 is 5.73 Å². The minimum absolute atomic E-state index is 0.179. The predicted octanol–water partition coefficient (Wildman–Crippen LogP) is 1.53. The molecule has 0 radical (unpaired) electrons. The molecule has 2 rings (SSSR count). The molecule has 5 heteroatoms.